The van der Waals surface area contributed by atoms with Gasteiger partial charge in [0, 0.05) is 12.3 Å². The van der Waals surface area contributed by atoms with E-state index in [9.17, 15) is 12.8 Å². The Bertz CT molecular complexity index is 748. The van der Waals surface area contributed by atoms with Crippen LogP contribution in [-0.2, 0) is 10.0 Å². The molecule has 0 amide bonds. The number of thioether (sulfide) groups is 1. The predicted molar refractivity (Wildman–Crippen MR) is 83.8 cm³/mol. The van der Waals surface area contributed by atoms with Crippen LogP contribution in [0.15, 0.2) is 29.4 Å². The van der Waals surface area contributed by atoms with Crippen LogP contribution >= 0.6 is 11.8 Å². The zero-order chi connectivity index (χ0) is 16.2. The highest BCUT2D eigenvalue weighted by molar-refractivity contribution is 7.99. The monoisotopic (exact) mass is 345 g/mol. The number of nitrogens with zero attached hydrogens (tertiary/aromatic N) is 3. The van der Waals surface area contributed by atoms with Crippen LogP contribution in [0.3, 0.4) is 0 Å². The summed E-state index contributed by atoms with van der Waals surface area (Å²) in [5.74, 6) is 6.11. The first kappa shape index (κ1) is 16.7. The van der Waals surface area contributed by atoms with Gasteiger partial charge in [-0.15, -0.1) is 10.2 Å². The molecule has 0 aliphatic carbocycles. The van der Waals surface area contributed by atoms with Gasteiger partial charge < -0.3 is 5.84 Å². The number of rotatable bonds is 7. The van der Waals surface area contributed by atoms with E-state index in [0.29, 0.717) is 10.9 Å². The second kappa shape index (κ2) is 7.07. The fraction of sp³-hybridized carbons (Fsp3) is 0.333. The van der Waals surface area contributed by atoms with E-state index in [2.05, 4.69) is 14.9 Å². The Kier molecular flexibility index (Phi) is 5.37. The zero-order valence-corrected chi connectivity index (χ0v) is 13.5. The maximum absolute atomic E-state index is 13.7. The first-order valence-corrected chi connectivity index (χ1v) is 9.14. The molecule has 1 heterocycles. The molecule has 0 spiro atoms. The van der Waals surface area contributed by atoms with Crippen LogP contribution in [0.4, 0.5) is 4.39 Å². The van der Waals surface area contributed by atoms with Crippen LogP contribution in [0.1, 0.15) is 6.92 Å². The first-order chi connectivity index (χ1) is 10.4. The summed E-state index contributed by atoms with van der Waals surface area (Å²) in [5.41, 5.74) is 0.260. The van der Waals surface area contributed by atoms with Gasteiger partial charge in [0.15, 0.2) is 5.82 Å². The quantitative estimate of drug-likeness (QED) is 0.438. The van der Waals surface area contributed by atoms with E-state index in [4.69, 9.17) is 5.84 Å². The molecule has 0 aliphatic rings. The van der Waals surface area contributed by atoms with Gasteiger partial charge in [0.05, 0.1) is 11.3 Å². The van der Waals surface area contributed by atoms with Gasteiger partial charge >= 0.3 is 0 Å². The highest BCUT2D eigenvalue weighted by Gasteiger charge is 2.15. The van der Waals surface area contributed by atoms with E-state index in [1.54, 1.807) is 25.1 Å². The minimum absolute atomic E-state index is 0.0299. The second-order valence-corrected chi connectivity index (χ2v) is 7.46. The van der Waals surface area contributed by atoms with E-state index < -0.39 is 15.8 Å². The van der Waals surface area contributed by atoms with Crippen LogP contribution in [0.25, 0.3) is 11.4 Å². The lowest BCUT2D eigenvalue weighted by atomic mass is 10.2. The van der Waals surface area contributed by atoms with Crippen LogP contribution in [0, 0.1) is 5.82 Å². The Morgan fingerprint density at radius 3 is 2.77 bits per heavy atom. The van der Waals surface area contributed by atoms with E-state index >= 15 is 0 Å². The zero-order valence-electron chi connectivity index (χ0n) is 11.9. The summed E-state index contributed by atoms with van der Waals surface area (Å²) in [6.07, 6.45) is 0. The van der Waals surface area contributed by atoms with E-state index in [0.717, 1.165) is 0 Å². The Morgan fingerprint density at radius 2 is 2.09 bits per heavy atom. The first-order valence-electron chi connectivity index (χ1n) is 6.50. The molecule has 0 fully saturated rings. The molecule has 0 radical (unpaired) electrons. The number of benzene rings is 1. The topological polar surface area (TPSA) is 103 Å². The van der Waals surface area contributed by atoms with Crippen molar-refractivity contribution in [1.82, 2.24) is 19.6 Å². The van der Waals surface area contributed by atoms with Gasteiger partial charge in [0.1, 0.15) is 5.82 Å². The average molecular weight is 345 g/mol. The number of halogens is 1. The fourth-order valence-corrected chi connectivity index (χ4v) is 3.10. The molecular formula is C12H16FN5O2S2. The summed E-state index contributed by atoms with van der Waals surface area (Å²) in [6, 6.07) is 6.13. The number of nitrogens with two attached hydrogens (primary N) is 1. The second-order valence-electron chi connectivity index (χ2n) is 4.30. The average Bonchev–Trinajstić information content (AvgIpc) is 2.85. The molecule has 120 valence electrons. The van der Waals surface area contributed by atoms with Crippen molar-refractivity contribution in [3.8, 4) is 11.4 Å². The van der Waals surface area contributed by atoms with Crippen LogP contribution < -0.4 is 10.6 Å². The summed E-state index contributed by atoms with van der Waals surface area (Å²) in [5, 5.41) is 8.16. The number of nitrogen functional groups attached to an aromatic ring is 1. The smallest absolute Gasteiger partial charge is 0.211 e. The highest BCUT2D eigenvalue weighted by Crippen LogP contribution is 2.23. The van der Waals surface area contributed by atoms with Gasteiger partial charge in [-0.05, 0) is 19.1 Å². The maximum atomic E-state index is 13.7. The third kappa shape index (κ3) is 3.96. The number of hydrogen-bond acceptors (Lipinski definition) is 6. The molecule has 0 bridgehead atoms. The van der Waals surface area contributed by atoms with Crippen LogP contribution in [-0.4, -0.2) is 41.3 Å². The number of aromatic nitrogens is 3. The SMILES string of the molecule is CCS(=O)(=O)NCCSc1nnc(-c2ccccc2F)n1N. The van der Waals surface area contributed by atoms with E-state index in [1.807, 2.05) is 0 Å². The molecule has 1 aromatic heterocycles. The van der Waals surface area contributed by atoms with Gasteiger partial charge in [0.25, 0.3) is 0 Å². The van der Waals surface area contributed by atoms with Crippen molar-refractivity contribution in [2.75, 3.05) is 23.9 Å². The molecular weight excluding hydrogens is 329 g/mol. The summed E-state index contributed by atoms with van der Waals surface area (Å²) in [7, 11) is -3.21. The number of hydrogen-bond donors (Lipinski definition) is 2. The van der Waals surface area contributed by atoms with Gasteiger partial charge in [-0.1, -0.05) is 23.9 Å². The molecule has 0 unspecified atom stereocenters. The van der Waals surface area contributed by atoms with Crippen LogP contribution in [0.2, 0.25) is 0 Å². The van der Waals surface area contributed by atoms with E-state index in [-0.39, 0.29) is 23.7 Å². The summed E-state index contributed by atoms with van der Waals surface area (Å²) in [4.78, 5) is 0. The molecule has 0 saturated carbocycles. The Labute approximate surface area is 132 Å². The summed E-state index contributed by atoms with van der Waals surface area (Å²) >= 11 is 1.23. The Morgan fingerprint density at radius 1 is 1.36 bits per heavy atom. The van der Waals surface area contributed by atoms with Gasteiger partial charge in [-0.2, -0.15) is 0 Å². The highest BCUT2D eigenvalue weighted by atomic mass is 32.2. The van der Waals surface area contributed by atoms with Crippen molar-refractivity contribution in [3.05, 3.63) is 30.1 Å². The molecule has 2 rings (SSSR count). The number of nitrogens with one attached hydrogen (secondary N) is 1. The minimum atomic E-state index is -3.21. The van der Waals surface area contributed by atoms with Crippen molar-refractivity contribution in [3.63, 3.8) is 0 Å². The molecule has 1 aromatic carbocycles. The fourth-order valence-electron chi connectivity index (χ4n) is 1.64. The van der Waals surface area contributed by atoms with Crippen molar-refractivity contribution >= 4 is 21.8 Å². The molecule has 3 N–H and O–H groups in total. The Hall–Kier alpha value is -1.65. The third-order valence-electron chi connectivity index (χ3n) is 2.81. The lowest BCUT2D eigenvalue weighted by Gasteiger charge is -2.05. The largest absolute Gasteiger partial charge is 0.335 e. The normalized spacial score (nSPS) is 11.7. The molecule has 7 nitrogen and oxygen atoms in total. The Balaban J connectivity index is 2.02. The van der Waals surface area contributed by atoms with Crippen LogP contribution in [0.5, 0.6) is 0 Å². The van der Waals surface area contributed by atoms with E-state index in [1.165, 1.54) is 22.5 Å². The molecule has 10 heteroatoms. The van der Waals surface area contributed by atoms with Crippen molar-refractivity contribution < 1.29 is 12.8 Å². The lowest BCUT2D eigenvalue weighted by Crippen LogP contribution is -2.27. The molecule has 2 aromatic rings. The lowest BCUT2D eigenvalue weighted by molar-refractivity contribution is 0.585. The summed E-state index contributed by atoms with van der Waals surface area (Å²) in [6.45, 7) is 1.81. The standard InChI is InChI=1S/C12H16FN5O2S2/c1-2-22(19,20)15-7-8-21-12-17-16-11(18(12)14)9-5-3-4-6-10(9)13/h3-6,15H,2,7-8,14H2,1H3. The van der Waals surface area contributed by atoms with Gasteiger partial charge in [0.2, 0.25) is 15.2 Å². The molecule has 0 saturated heterocycles. The molecule has 0 atom stereocenters. The minimum Gasteiger partial charge on any atom is -0.335 e. The van der Waals surface area contributed by atoms with Gasteiger partial charge in [-0.3, -0.25) is 0 Å². The predicted octanol–water partition coefficient (Wildman–Crippen LogP) is 0.829. The molecule has 22 heavy (non-hydrogen) atoms. The van der Waals surface area contributed by atoms with Gasteiger partial charge in [-0.25, -0.2) is 22.2 Å². The van der Waals surface area contributed by atoms with Crippen molar-refractivity contribution in [2.45, 2.75) is 12.1 Å². The molecule has 0 aliphatic heterocycles. The maximum Gasteiger partial charge on any atom is 0.211 e. The summed E-state index contributed by atoms with van der Waals surface area (Å²) < 4.78 is 39.9. The third-order valence-corrected chi connectivity index (χ3v) is 5.16. The van der Waals surface area contributed by atoms with Crippen molar-refractivity contribution in [2.24, 2.45) is 0 Å². The number of sulfonamides is 1. The van der Waals surface area contributed by atoms with Crippen molar-refractivity contribution in [1.29, 1.82) is 0 Å².